The van der Waals surface area contributed by atoms with Crippen molar-refractivity contribution in [3.63, 3.8) is 0 Å². The van der Waals surface area contributed by atoms with Crippen LogP contribution in [0.25, 0.3) is 0 Å². The van der Waals surface area contributed by atoms with E-state index in [1.165, 1.54) is 6.42 Å². The summed E-state index contributed by atoms with van der Waals surface area (Å²) in [5.74, 6) is 1.23. The van der Waals surface area contributed by atoms with Crippen molar-refractivity contribution in [1.82, 2.24) is 10.2 Å². The number of carbonyl (C=O) groups is 1. The van der Waals surface area contributed by atoms with Crippen LogP contribution in [0.3, 0.4) is 0 Å². The smallest absolute Gasteiger partial charge is 0.223 e. The van der Waals surface area contributed by atoms with Crippen LogP contribution in [0.2, 0.25) is 0 Å². The molecule has 2 aliphatic rings. The Labute approximate surface area is 141 Å². The van der Waals surface area contributed by atoms with Crippen molar-refractivity contribution < 1.29 is 9.00 Å². The molecule has 0 bridgehead atoms. The molecule has 23 heavy (non-hydrogen) atoms. The first kappa shape index (κ1) is 16.7. The molecule has 126 valence electrons. The second kappa shape index (κ2) is 8.06. The number of rotatable bonds is 6. The molecule has 1 aromatic rings. The average Bonchev–Trinajstić information content (AvgIpc) is 2.53. The fourth-order valence-corrected chi connectivity index (χ4v) is 4.31. The predicted octanol–water partition coefficient (Wildman–Crippen LogP) is 2.17. The molecule has 0 spiro atoms. The molecule has 4 nitrogen and oxygen atoms in total. The highest BCUT2D eigenvalue weighted by Gasteiger charge is 2.28. The summed E-state index contributed by atoms with van der Waals surface area (Å²) in [6.07, 6.45) is 5.36. The Morgan fingerprint density at radius 1 is 1.13 bits per heavy atom. The van der Waals surface area contributed by atoms with Gasteiger partial charge in [0.25, 0.3) is 0 Å². The number of hydrogen-bond acceptors (Lipinski definition) is 3. The Morgan fingerprint density at radius 3 is 2.43 bits per heavy atom. The molecule has 0 aromatic heterocycles. The molecular weight excluding hydrogens is 308 g/mol. The molecule has 1 aliphatic carbocycles. The van der Waals surface area contributed by atoms with Crippen molar-refractivity contribution in [1.29, 1.82) is 0 Å². The van der Waals surface area contributed by atoms with Crippen molar-refractivity contribution in [2.45, 2.75) is 43.0 Å². The third-order valence-corrected chi connectivity index (χ3v) is 6.36. The Bertz CT molecular complexity index is 537. The summed E-state index contributed by atoms with van der Waals surface area (Å²) in [4.78, 5) is 15.3. The van der Waals surface area contributed by atoms with Gasteiger partial charge in [-0.05, 0) is 37.8 Å². The molecule has 1 saturated carbocycles. The van der Waals surface area contributed by atoms with Crippen LogP contribution in [0, 0.1) is 5.92 Å². The van der Waals surface area contributed by atoms with Gasteiger partial charge in [0.2, 0.25) is 5.91 Å². The summed E-state index contributed by atoms with van der Waals surface area (Å²) in [5.41, 5.74) is 0. The van der Waals surface area contributed by atoms with Crippen LogP contribution in [0.4, 0.5) is 0 Å². The molecular formula is C18H26N2O2S. The fourth-order valence-electron chi connectivity index (χ4n) is 3.19. The summed E-state index contributed by atoms with van der Waals surface area (Å²) in [6, 6.07) is 10.0. The Morgan fingerprint density at radius 2 is 1.83 bits per heavy atom. The van der Waals surface area contributed by atoms with Crippen LogP contribution >= 0.6 is 0 Å². The SMILES string of the molecule is O=C(NC1CCN(CC[S@](=O)c2ccccc2)CC1)C1CCC1. The van der Waals surface area contributed by atoms with E-state index >= 15 is 0 Å². The second-order valence-electron chi connectivity index (χ2n) is 6.62. The normalized spacial score (nSPS) is 21.6. The zero-order chi connectivity index (χ0) is 16.1. The summed E-state index contributed by atoms with van der Waals surface area (Å²) in [7, 11) is -0.914. The van der Waals surface area contributed by atoms with Crippen molar-refractivity contribution in [2.24, 2.45) is 5.92 Å². The lowest BCUT2D eigenvalue weighted by Gasteiger charge is -2.34. The second-order valence-corrected chi connectivity index (χ2v) is 8.19. The molecule has 1 N–H and O–H groups in total. The molecule has 2 fully saturated rings. The lowest BCUT2D eigenvalue weighted by molar-refractivity contribution is -0.128. The minimum atomic E-state index is -0.914. The highest BCUT2D eigenvalue weighted by molar-refractivity contribution is 7.85. The summed E-state index contributed by atoms with van der Waals surface area (Å²) >= 11 is 0. The standard InChI is InChI=1S/C18H26N2O2S/c21-18(15-5-4-6-15)19-16-9-11-20(12-10-16)13-14-23(22)17-7-2-1-3-8-17/h1-3,7-8,15-16H,4-6,9-14H2,(H,19,21)/t23-/m0/s1. The van der Waals surface area contributed by atoms with Crippen molar-refractivity contribution in [3.05, 3.63) is 30.3 Å². The lowest BCUT2D eigenvalue weighted by Crippen LogP contribution is -2.47. The summed E-state index contributed by atoms with van der Waals surface area (Å²) in [5, 5.41) is 3.21. The molecule has 0 radical (unpaired) electrons. The first-order valence-corrected chi connectivity index (χ1v) is 10.0. The van der Waals surface area contributed by atoms with Crippen molar-refractivity contribution in [2.75, 3.05) is 25.4 Å². The topological polar surface area (TPSA) is 49.4 Å². The van der Waals surface area contributed by atoms with E-state index in [2.05, 4.69) is 10.2 Å². The molecule has 1 saturated heterocycles. The van der Waals surface area contributed by atoms with Crippen molar-refractivity contribution in [3.8, 4) is 0 Å². The van der Waals surface area contributed by atoms with E-state index in [0.29, 0.717) is 11.8 Å². The largest absolute Gasteiger partial charge is 0.353 e. The van der Waals surface area contributed by atoms with Gasteiger partial charge in [-0.3, -0.25) is 9.00 Å². The van der Waals surface area contributed by atoms with E-state index in [-0.39, 0.29) is 11.8 Å². The Balaban J connectivity index is 1.36. The fraction of sp³-hybridized carbons (Fsp3) is 0.611. The maximum atomic E-state index is 12.2. The van der Waals surface area contributed by atoms with Gasteiger partial charge in [0.15, 0.2) is 0 Å². The van der Waals surface area contributed by atoms with Gasteiger partial charge < -0.3 is 10.2 Å². The first-order valence-electron chi connectivity index (χ1n) is 8.68. The number of benzene rings is 1. The minimum absolute atomic E-state index is 0.264. The van der Waals surface area contributed by atoms with E-state index in [9.17, 15) is 9.00 Å². The van der Waals surface area contributed by atoms with Gasteiger partial charge in [-0.15, -0.1) is 0 Å². The number of carbonyl (C=O) groups excluding carboxylic acids is 1. The number of nitrogens with zero attached hydrogens (tertiary/aromatic N) is 1. The van der Waals surface area contributed by atoms with Crippen LogP contribution in [-0.2, 0) is 15.6 Å². The highest BCUT2D eigenvalue weighted by Crippen LogP contribution is 2.26. The van der Waals surface area contributed by atoms with Crippen LogP contribution in [0.5, 0.6) is 0 Å². The van der Waals surface area contributed by atoms with Gasteiger partial charge in [0.05, 0.1) is 10.8 Å². The van der Waals surface area contributed by atoms with E-state index < -0.39 is 10.8 Å². The monoisotopic (exact) mass is 334 g/mol. The molecule has 1 aliphatic heterocycles. The third-order valence-electron chi connectivity index (χ3n) is 5.01. The van der Waals surface area contributed by atoms with Gasteiger partial charge in [-0.1, -0.05) is 24.6 Å². The zero-order valence-corrected chi connectivity index (χ0v) is 14.4. The van der Waals surface area contributed by atoms with Gasteiger partial charge in [-0.25, -0.2) is 0 Å². The summed E-state index contributed by atoms with van der Waals surface area (Å²) < 4.78 is 12.2. The number of amides is 1. The van der Waals surface area contributed by atoms with E-state index in [1.54, 1.807) is 0 Å². The molecule has 1 atom stereocenters. The maximum absolute atomic E-state index is 12.2. The third kappa shape index (κ3) is 4.64. The lowest BCUT2D eigenvalue weighted by atomic mass is 9.84. The van der Waals surface area contributed by atoms with Crippen LogP contribution in [0.1, 0.15) is 32.1 Å². The highest BCUT2D eigenvalue weighted by atomic mass is 32.2. The average molecular weight is 334 g/mol. The van der Waals surface area contributed by atoms with Gasteiger partial charge in [-0.2, -0.15) is 0 Å². The van der Waals surface area contributed by atoms with Crippen LogP contribution in [0.15, 0.2) is 35.2 Å². The Kier molecular flexibility index (Phi) is 5.84. The van der Waals surface area contributed by atoms with E-state index in [4.69, 9.17) is 0 Å². The van der Waals surface area contributed by atoms with E-state index in [0.717, 1.165) is 50.2 Å². The van der Waals surface area contributed by atoms with Gasteiger partial charge in [0.1, 0.15) is 0 Å². The summed E-state index contributed by atoms with van der Waals surface area (Å²) in [6.45, 7) is 2.84. The minimum Gasteiger partial charge on any atom is -0.353 e. The molecule has 3 rings (SSSR count). The molecule has 0 unspecified atom stereocenters. The number of piperidine rings is 1. The quantitative estimate of drug-likeness (QED) is 0.867. The molecule has 1 amide bonds. The molecule has 1 aromatic carbocycles. The van der Waals surface area contributed by atoms with Crippen LogP contribution < -0.4 is 5.32 Å². The maximum Gasteiger partial charge on any atom is 0.223 e. The molecule has 5 heteroatoms. The van der Waals surface area contributed by atoms with E-state index in [1.807, 2.05) is 30.3 Å². The van der Waals surface area contributed by atoms with Crippen LogP contribution in [-0.4, -0.2) is 46.4 Å². The molecule has 1 heterocycles. The number of nitrogens with one attached hydrogen (secondary N) is 1. The van der Waals surface area contributed by atoms with Gasteiger partial charge >= 0.3 is 0 Å². The number of hydrogen-bond donors (Lipinski definition) is 1. The van der Waals surface area contributed by atoms with Gasteiger partial charge in [0, 0.05) is 42.2 Å². The zero-order valence-electron chi connectivity index (χ0n) is 13.6. The Hall–Kier alpha value is -1.20. The predicted molar refractivity (Wildman–Crippen MR) is 92.7 cm³/mol. The van der Waals surface area contributed by atoms with Crippen molar-refractivity contribution >= 4 is 16.7 Å². The first-order chi connectivity index (χ1) is 11.2. The number of likely N-dealkylation sites (tertiary alicyclic amines) is 1.